The van der Waals surface area contributed by atoms with Gasteiger partial charge in [-0.15, -0.1) is 0 Å². The first-order valence-electron chi connectivity index (χ1n) is 7.93. The van der Waals surface area contributed by atoms with Crippen molar-refractivity contribution in [3.8, 4) is 0 Å². The van der Waals surface area contributed by atoms with Crippen LogP contribution in [0, 0.1) is 0 Å². The van der Waals surface area contributed by atoms with E-state index in [4.69, 9.17) is 55.5 Å². The predicted molar refractivity (Wildman–Crippen MR) is 103 cm³/mol. The fourth-order valence-electron chi connectivity index (χ4n) is 1.57. The Labute approximate surface area is 213 Å². The van der Waals surface area contributed by atoms with E-state index < -0.39 is 60.4 Å². The molecule has 0 radical (unpaired) electrons. The van der Waals surface area contributed by atoms with Crippen molar-refractivity contribution in [1.29, 1.82) is 0 Å². The van der Waals surface area contributed by atoms with Gasteiger partial charge in [0, 0.05) is 6.92 Å². The first kappa shape index (κ1) is 37.6. The molecule has 9 N–H and O–H groups in total. The summed E-state index contributed by atoms with van der Waals surface area (Å²) >= 11 is 0. The summed E-state index contributed by atoms with van der Waals surface area (Å²) in [6, 6.07) is 5.48. The van der Waals surface area contributed by atoms with Gasteiger partial charge in [-0.05, 0) is 12.1 Å². The molecule has 0 bridgehead atoms. The maximum Gasteiger partial charge on any atom is 1.00 e. The van der Waals surface area contributed by atoms with Gasteiger partial charge in [0.2, 0.25) is 0 Å². The molecule has 0 aliphatic heterocycles. The van der Waals surface area contributed by atoms with Gasteiger partial charge in [0.25, 0.3) is 5.97 Å². The van der Waals surface area contributed by atoms with Crippen LogP contribution in [0.5, 0.6) is 0 Å². The van der Waals surface area contributed by atoms with Crippen molar-refractivity contribution < 1.29 is 111 Å². The van der Waals surface area contributed by atoms with Crippen molar-refractivity contribution in [2.45, 2.75) is 25.4 Å². The van der Waals surface area contributed by atoms with Crippen LogP contribution in [0.1, 0.15) is 41.9 Å². The van der Waals surface area contributed by atoms with E-state index in [2.05, 4.69) is 0 Å². The van der Waals surface area contributed by atoms with E-state index in [1.54, 1.807) is 0 Å². The zero-order chi connectivity index (χ0) is 26.9. The molecule has 0 unspecified atom stereocenters. The Morgan fingerprint density at radius 1 is 0.706 bits per heavy atom. The van der Waals surface area contributed by atoms with Crippen LogP contribution in [0.25, 0.3) is 0 Å². The third kappa shape index (κ3) is 21.5. The minimum Gasteiger partial charge on any atom is -1.00 e. The number of hydrogen-bond acceptors (Lipinski definition) is 8. The largest absolute Gasteiger partial charge is 1.00 e. The molecular weight excluding hydrogens is 483 g/mol. The van der Waals surface area contributed by atoms with Gasteiger partial charge in [-0.2, -0.15) is 0 Å². The molecule has 1 aromatic rings. The summed E-state index contributed by atoms with van der Waals surface area (Å²) in [6.07, 6.45) is -4.12. The molecule has 0 heterocycles. The van der Waals surface area contributed by atoms with Crippen LogP contribution in [-0.2, 0) is 19.2 Å². The molecule has 0 aliphatic carbocycles. The predicted octanol–water partition coefficient (Wildman–Crippen LogP) is -2.74. The summed E-state index contributed by atoms with van der Waals surface area (Å²) in [4.78, 5) is 69.0. The number of aliphatic hydroxyl groups is 1. The summed E-state index contributed by atoms with van der Waals surface area (Å²) in [7, 11) is 0. The molecule has 0 saturated carbocycles. The van der Waals surface area contributed by atoms with Crippen molar-refractivity contribution in [3.05, 3.63) is 35.4 Å². The Kier molecular flexibility index (Phi) is 20.8. The van der Waals surface area contributed by atoms with E-state index in [-0.39, 0.29) is 42.1 Å². The Bertz CT molecular complexity index is 816. The smallest absolute Gasteiger partial charge is 1.00 e. The topological polar surface area (TPSA) is 302 Å². The van der Waals surface area contributed by atoms with Gasteiger partial charge in [-0.25, -0.2) is 19.2 Å². The summed E-state index contributed by atoms with van der Waals surface area (Å²) < 4.78 is 0. The van der Waals surface area contributed by atoms with Crippen LogP contribution in [0.2, 0.25) is 0 Å². The zero-order valence-corrected chi connectivity index (χ0v) is 19.6. The first-order valence-corrected chi connectivity index (χ1v) is 7.93. The zero-order valence-electron chi connectivity index (χ0n) is 18.6. The second-order valence-electron chi connectivity index (χ2n) is 5.44. The Balaban J connectivity index is -0.000000126. The van der Waals surface area contributed by atoms with Crippen LogP contribution in [-0.4, -0.2) is 93.5 Å². The van der Waals surface area contributed by atoms with Gasteiger partial charge in [0.05, 0.1) is 24.0 Å². The second-order valence-corrected chi connectivity index (χ2v) is 5.44. The monoisotopic (exact) mass is 504 g/mol. The van der Waals surface area contributed by atoms with Crippen LogP contribution < -0.4 is 29.6 Å². The van der Waals surface area contributed by atoms with Gasteiger partial charge in [-0.3, -0.25) is 14.4 Å². The first-order chi connectivity index (χ1) is 14.9. The molecule has 186 valence electrons. The molecule has 0 saturated heterocycles. The van der Waals surface area contributed by atoms with Crippen molar-refractivity contribution in [1.82, 2.24) is 0 Å². The number of rotatable bonds is 7. The molecule has 17 heteroatoms. The van der Waals surface area contributed by atoms with Gasteiger partial charge in [0.1, 0.15) is 0 Å². The molecule has 0 aliphatic rings. The summed E-state index contributed by atoms with van der Waals surface area (Å²) in [6.45, 7) is 1.08. The maximum absolute atomic E-state index is 10.5. The number of hydrogen-bond donors (Lipinski definition) is 9. The van der Waals surface area contributed by atoms with E-state index in [0.29, 0.717) is 0 Å². The second kappa shape index (κ2) is 18.8. The third-order valence-electron chi connectivity index (χ3n) is 2.67. The van der Waals surface area contributed by atoms with E-state index in [1.807, 2.05) is 0 Å². The third-order valence-corrected chi connectivity index (χ3v) is 2.67. The van der Waals surface area contributed by atoms with E-state index >= 15 is 0 Å². The average molecular weight is 504 g/mol. The summed E-state index contributed by atoms with van der Waals surface area (Å²) in [5.41, 5.74) is -3.12. The normalized spacial score (nSPS) is 8.88. The Morgan fingerprint density at radius 2 is 0.941 bits per heavy atom. The molecular formula is C17H21NaO16. The number of carboxylic acid groups (broad SMARTS) is 8. The molecule has 0 amide bonds. The molecule has 34 heavy (non-hydrogen) atoms. The molecule has 1 rings (SSSR count). The minimum atomic E-state index is -2.74. The maximum atomic E-state index is 10.5. The number of benzene rings is 1. The van der Waals surface area contributed by atoms with Crippen LogP contribution in [0.4, 0.5) is 4.79 Å². The molecule has 0 spiro atoms. The molecule has 1 aromatic carbocycles. The van der Waals surface area contributed by atoms with Gasteiger partial charge in [0.15, 0.2) is 5.60 Å². The minimum absolute atomic E-state index is 0. The number of carbonyl (C=O) groups is 7. The van der Waals surface area contributed by atoms with Crippen molar-refractivity contribution in [2.24, 2.45) is 0 Å². The van der Waals surface area contributed by atoms with Crippen LogP contribution >= 0.6 is 0 Å². The Morgan fingerprint density at radius 3 is 1.09 bits per heavy atom. The average Bonchev–Trinajstić information content (AvgIpc) is 2.59. The fourth-order valence-corrected chi connectivity index (χ4v) is 1.57. The van der Waals surface area contributed by atoms with Gasteiger partial charge in [-0.1, -0.05) is 12.1 Å². The van der Waals surface area contributed by atoms with E-state index in [0.717, 1.165) is 6.92 Å². The van der Waals surface area contributed by atoms with Crippen LogP contribution in [0.15, 0.2) is 24.3 Å². The fraction of sp³-hybridized carbons (Fsp3) is 0.235. The van der Waals surface area contributed by atoms with Gasteiger partial charge < -0.3 is 47.4 Å². The summed E-state index contributed by atoms with van der Waals surface area (Å²) in [5.74, 6) is -8.31. The van der Waals surface area contributed by atoms with Crippen molar-refractivity contribution in [2.75, 3.05) is 0 Å². The van der Waals surface area contributed by atoms with E-state index in [1.165, 1.54) is 24.3 Å². The molecule has 16 nitrogen and oxygen atoms in total. The molecule has 0 atom stereocenters. The Hall–Kier alpha value is -3.73. The van der Waals surface area contributed by atoms with Gasteiger partial charge >= 0.3 is 65.6 Å². The SMILES string of the molecule is CC(=O)O.O=C(O)CC(O)(CC(=O)O)C(=O)O.O=C(O)O.O=C(O)c1ccccc1C(=O)O.[H-].[Na+]. The summed E-state index contributed by atoms with van der Waals surface area (Å²) in [5, 5.41) is 72.3. The standard InChI is InChI=1S/C8H6O4.C6H8O7.C2H4O2.CH2O3.Na.H/c9-7(10)5-3-1-2-4-6(5)8(11)12;7-3(8)1-6(13,5(11)12)2-4(9)10;1-2(3)4;2-1(3)4;;/h1-4H,(H,9,10)(H,11,12);13H,1-2H2,(H,7,8)(H,9,10)(H,11,12);1H3,(H,3,4);(H2,2,3,4);;/q;;;;+1;-1. The molecule has 0 aromatic heterocycles. The van der Waals surface area contributed by atoms with Crippen LogP contribution in [0.3, 0.4) is 0 Å². The van der Waals surface area contributed by atoms with Crippen molar-refractivity contribution >= 4 is 42.0 Å². The van der Waals surface area contributed by atoms with E-state index in [9.17, 15) is 24.0 Å². The quantitative estimate of drug-likeness (QED) is 0.170. The molecule has 0 fully saturated rings. The number of aromatic carboxylic acids is 2. The number of carboxylic acids is 6. The number of aliphatic carboxylic acids is 4. The van der Waals surface area contributed by atoms with Crippen molar-refractivity contribution in [3.63, 3.8) is 0 Å².